The van der Waals surface area contributed by atoms with E-state index in [2.05, 4.69) is 46.1 Å². The summed E-state index contributed by atoms with van der Waals surface area (Å²) in [6, 6.07) is 7.39. The van der Waals surface area contributed by atoms with Crippen LogP contribution in [-0.2, 0) is 6.54 Å². The van der Waals surface area contributed by atoms with Crippen molar-refractivity contribution in [1.82, 2.24) is 10.2 Å². The lowest BCUT2D eigenvalue weighted by atomic mass is 10.1. The third kappa shape index (κ3) is 3.71. The van der Waals surface area contributed by atoms with Gasteiger partial charge in [-0.3, -0.25) is 4.90 Å². The minimum absolute atomic E-state index is 0.556. The van der Waals surface area contributed by atoms with E-state index in [1.165, 1.54) is 12.0 Å². The summed E-state index contributed by atoms with van der Waals surface area (Å²) < 4.78 is 6.59. The third-order valence-corrected chi connectivity index (χ3v) is 4.31. The molecule has 0 saturated carbocycles. The van der Waals surface area contributed by atoms with E-state index < -0.39 is 0 Å². The Hall–Kier alpha value is -0.580. The van der Waals surface area contributed by atoms with Gasteiger partial charge in [0.15, 0.2) is 0 Å². The Morgan fingerprint density at radius 3 is 2.95 bits per heavy atom. The first kappa shape index (κ1) is 14.8. The van der Waals surface area contributed by atoms with Gasteiger partial charge in [-0.2, -0.15) is 0 Å². The van der Waals surface area contributed by atoms with Gasteiger partial charge in [0, 0.05) is 41.8 Å². The molecule has 0 aromatic heterocycles. The molecule has 1 aliphatic heterocycles. The molecule has 19 heavy (non-hydrogen) atoms. The molecule has 0 bridgehead atoms. The molecule has 2 atom stereocenters. The van der Waals surface area contributed by atoms with Crippen LogP contribution in [0.2, 0.25) is 0 Å². The number of nitrogens with one attached hydrogen (secondary N) is 1. The van der Waals surface area contributed by atoms with E-state index in [1.807, 2.05) is 12.1 Å². The second-order valence-corrected chi connectivity index (χ2v) is 6.17. The maximum absolute atomic E-state index is 5.47. The van der Waals surface area contributed by atoms with E-state index in [-0.39, 0.29) is 0 Å². The quantitative estimate of drug-likeness (QED) is 0.920. The summed E-state index contributed by atoms with van der Waals surface area (Å²) in [5.74, 6) is 0.976. The number of hydrogen-bond acceptors (Lipinski definition) is 3. The summed E-state index contributed by atoms with van der Waals surface area (Å²) in [7, 11) is 1.74. The second kappa shape index (κ2) is 6.73. The van der Waals surface area contributed by atoms with Crippen LogP contribution >= 0.6 is 15.9 Å². The normalized spacial score (nSPS) is 24.4. The van der Waals surface area contributed by atoms with Crippen LogP contribution in [0.25, 0.3) is 0 Å². The molecule has 2 rings (SSSR count). The molecule has 0 amide bonds. The van der Waals surface area contributed by atoms with Gasteiger partial charge in [-0.15, -0.1) is 0 Å². The molecular formula is C15H23BrN2O. The lowest BCUT2D eigenvalue weighted by Gasteiger charge is -2.39. The first-order valence-corrected chi connectivity index (χ1v) is 7.73. The third-order valence-electron chi connectivity index (χ3n) is 3.81. The van der Waals surface area contributed by atoms with Crippen LogP contribution in [-0.4, -0.2) is 37.2 Å². The number of ether oxygens (including phenoxy) is 1. The smallest absolute Gasteiger partial charge is 0.123 e. The van der Waals surface area contributed by atoms with Crippen molar-refractivity contribution >= 4 is 15.9 Å². The topological polar surface area (TPSA) is 24.5 Å². The molecule has 1 aromatic carbocycles. The van der Waals surface area contributed by atoms with E-state index in [0.717, 1.165) is 29.9 Å². The lowest BCUT2D eigenvalue weighted by Crippen LogP contribution is -2.54. The van der Waals surface area contributed by atoms with Gasteiger partial charge < -0.3 is 10.1 Å². The van der Waals surface area contributed by atoms with Crippen molar-refractivity contribution in [3.05, 3.63) is 28.2 Å². The van der Waals surface area contributed by atoms with Gasteiger partial charge in [0.25, 0.3) is 0 Å². The van der Waals surface area contributed by atoms with E-state index in [0.29, 0.717) is 12.1 Å². The molecule has 1 aliphatic rings. The minimum atomic E-state index is 0.556. The predicted octanol–water partition coefficient (Wildman–Crippen LogP) is 3.03. The Bertz CT molecular complexity index is 425. The van der Waals surface area contributed by atoms with Crippen LogP contribution in [0.4, 0.5) is 0 Å². The number of rotatable bonds is 4. The van der Waals surface area contributed by atoms with Crippen molar-refractivity contribution in [3.8, 4) is 5.75 Å². The molecule has 4 heteroatoms. The van der Waals surface area contributed by atoms with E-state index >= 15 is 0 Å². The Morgan fingerprint density at radius 2 is 2.26 bits per heavy atom. The summed E-state index contributed by atoms with van der Waals surface area (Å²) in [6.07, 6.45) is 1.18. The highest BCUT2D eigenvalue weighted by molar-refractivity contribution is 9.10. The average Bonchev–Trinajstić information content (AvgIpc) is 2.39. The summed E-state index contributed by atoms with van der Waals surface area (Å²) in [6.45, 7) is 7.62. The number of piperazine rings is 1. The fraction of sp³-hybridized carbons (Fsp3) is 0.600. The highest BCUT2D eigenvalue weighted by Gasteiger charge is 2.25. The van der Waals surface area contributed by atoms with Gasteiger partial charge in [-0.05, 0) is 31.5 Å². The Morgan fingerprint density at radius 1 is 1.47 bits per heavy atom. The molecule has 1 fully saturated rings. The summed E-state index contributed by atoms with van der Waals surface area (Å²) in [5, 5.41) is 3.56. The van der Waals surface area contributed by atoms with Gasteiger partial charge in [-0.25, -0.2) is 0 Å². The van der Waals surface area contributed by atoms with Crippen LogP contribution in [0, 0.1) is 0 Å². The molecule has 0 radical (unpaired) electrons. The van der Waals surface area contributed by atoms with Crippen molar-refractivity contribution in [1.29, 1.82) is 0 Å². The van der Waals surface area contributed by atoms with Gasteiger partial charge in [0.2, 0.25) is 0 Å². The molecule has 1 aromatic rings. The van der Waals surface area contributed by atoms with Crippen LogP contribution in [0.15, 0.2) is 22.7 Å². The number of methoxy groups -OCH3 is 1. The van der Waals surface area contributed by atoms with Crippen molar-refractivity contribution in [2.24, 2.45) is 0 Å². The first-order valence-electron chi connectivity index (χ1n) is 6.94. The predicted molar refractivity (Wildman–Crippen MR) is 82.6 cm³/mol. The van der Waals surface area contributed by atoms with Crippen molar-refractivity contribution in [2.45, 2.75) is 38.9 Å². The molecule has 0 aliphatic carbocycles. The Kier molecular flexibility index (Phi) is 5.25. The highest BCUT2D eigenvalue weighted by Crippen LogP contribution is 2.26. The fourth-order valence-corrected chi connectivity index (χ4v) is 3.13. The zero-order valence-electron chi connectivity index (χ0n) is 11.9. The van der Waals surface area contributed by atoms with Gasteiger partial charge in [0.1, 0.15) is 5.75 Å². The maximum atomic E-state index is 5.47. The molecule has 0 spiro atoms. The maximum Gasteiger partial charge on any atom is 0.123 e. The van der Waals surface area contributed by atoms with E-state index in [4.69, 9.17) is 4.74 Å². The summed E-state index contributed by atoms with van der Waals surface area (Å²) in [4.78, 5) is 2.56. The largest absolute Gasteiger partial charge is 0.496 e. The van der Waals surface area contributed by atoms with Gasteiger partial charge in [0.05, 0.1) is 7.11 Å². The second-order valence-electron chi connectivity index (χ2n) is 5.26. The fourth-order valence-electron chi connectivity index (χ4n) is 2.72. The van der Waals surface area contributed by atoms with E-state index in [1.54, 1.807) is 7.11 Å². The number of benzene rings is 1. The standard InChI is InChI=1S/C15H23BrN2O/c1-4-14-8-17-11(2)9-18(14)10-12-7-13(16)5-6-15(12)19-3/h5-7,11,14,17H,4,8-10H2,1-3H3. The van der Waals surface area contributed by atoms with Crippen LogP contribution in [0.3, 0.4) is 0 Å². The number of nitrogens with zero attached hydrogens (tertiary/aromatic N) is 1. The molecule has 3 nitrogen and oxygen atoms in total. The van der Waals surface area contributed by atoms with Gasteiger partial charge in [-0.1, -0.05) is 22.9 Å². The van der Waals surface area contributed by atoms with Crippen molar-refractivity contribution < 1.29 is 4.74 Å². The zero-order chi connectivity index (χ0) is 13.8. The molecule has 1 N–H and O–H groups in total. The molecule has 1 saturated heterocycles. The van der Waals surface area contributed by atoms with Crippen LogP contribution in [0.5, 0.6) is 5.75 Å². The highest BCUT2D eigenvalue weighted by atomic mass is 79.9. The first-order chi connectivity index (χ1) is 9.13. The molecular weight excluding hydrogens is 304 g/mol. The van der Waals surface area contributed by atoms with Crippen molar-refractivity contribution in [3.63, 3.8) is 0 Å². The minimum Gasteiger partial charge on any atom is -0.496 e. The monoisotopic (exact) mass is 326 g/mol. The SMILES string of the molecule is CCC1CNC(C)CN1Cc1cc(Br)ccc1OC. The number of halogens is 1. The van der Waals surface area contributed by atoms with E-state index in [9.17, 15) is 0 Å². The lowest BCUT2D eigenvalue weighted by molar-refractivity contribution is 0.123. The summed E-state index contributed by atoms with van der Waals surface area (Å²) in [5.41, 5.74) is 1.25. The Balaban J connectivity index is 2.16. The molecule has 2 unspecified atom stereocenters. The van der Waals surface area contributed by atoms with Crippen LogP contribution < -0.4 is 10.1 Å². The van der Waals surface area contributed by atoms with Gasteiger partial charge >= 0.3 is 0 Å². The summed E-state index contributed by atoms with van der Waals surface area (Å²) >= 11 is 3.55. The molecule has 106 valence electrons. The molecule has 1 heterocycles. The van der Waals surface area contributed by atoms with Crippen LogP contribution in [0.1, 0.15) is 25.8 Å². The number of hydrogen-bond donors (Lipinski definition) is 1. The zero-order valence-corrected chi connectivity index (χ0v) is 13.5. The average molecular weight is 327 g/mol. The Labute approximate surface area is 124 Å². The van der Waals surface area contributed by atoms with Crippen molar-refractivity contribution in [2.75, 3.05) is 20.2 Å².